The number of hydrogen-bond donors (Lipinski definition) is 1. The lowest BCUT2D eigenvalue weighted by Crippen LogP contribution is -2.48. The van der Waals surface area contributed by atoms with Crippen LogP contribution in [0.15, 0.2) is 48.5 Å². The summed E-state index contributed by atoms with van der Waals surface area (Å²) in [6.45, 7) is 7.43. The summed E-state index contributed by atoms with van der Waals surface area (Å²) in [4.78, 5) is 19.4. The molecule has 6 nitrogen and oxygen atoms in total. The highest BCUT2D eigenvalue weighted by atomic mass is 19.1. The molecule has 1 aliphatic rings. The number of hydrogen-bond acceptors (Lipinski definition) is 4. The van der Waals surface area contributed by atoms with Gasteiger partial charge in [-0.15, -0.1) is 0 Å². The van der Waals surface area contributed by atoms with Crippen LogP contribution in [0.5, 0.6) is 0 Å². The Morgan fingerprint density at radius 3 is 2.78 bits per heavy atom. The van der Waals surface area contributed by atoms with E-state index in [-0.39, 0.29) is 11.9 Å². The fourth-order valence-electron chi connectivity index (χ4n) is 4.25. The fourth-order valence-corrected chi connectivity index (χ4v) is 4.25. The van der Waals surface area contributed by atoms with Crippen LogP contribution in [0.4, 0.5) is 15.1 Å². The Balaban J connectivity index is 1.62. The zero-order valence-electron chi connectivity index (χ0n) is 19.0. The smallest absolute Gasteiger partial charge is 0.407 e. The number of nitrogens with zero attached hydrogens (tertiary/aromatic N) is 3. The van der Waals surface area contributed by atoms with Crippen LogP contribution in [0.25, 0.3) is 11.0 Å². The molecule has 0 radical (unpaired) electrons. The van der Waals surface area contributed by atoms with Crippen molar-refractivity contribution in [3.05, 3.63) is 59.9 Å². The Kier molecular flexibility index (Phi) is 6.35. The predicted octanol–water partition coefficient (Wildman–Crippen LogP) is 5.11. The number of fused-ring (bicyclic) bond motifs is 1. The summed E-state index contributed by atoms with van der Waals surface area (Å²) in [5.74, 6) is 0.608. The minimum Gasteiger partial charge on any atom is -0.444 e. The minimum absolute atomic E-state index is 0.111. The van der Waals surface area contributed by atoms with Crippen LogP contribution in [-0.4, -0.2) is 40.4 Å². The molecule has 170 valence electrons. The highest BCUT2D eigenvalue weighted by Gasteiger charge is 2.28. The zero-order valence-corrected chi connectivity index (χ0v) is 19.0. The van der Waals surface area contributed by atoms with Crippen LogP contribution in [0.3, 0.4) is 0 Å². The van der Waals surface area contributed by atoms with Gasteiger partial charge in [0.1, 0.15) is 11.4 Å². The first-order valence-corrected chi connectivity index (χ1v) is 11.2. The van der Waals surface area contributed by atoms with Crippen LogP contribution in [0, 0.1) is 5.82 Å². The van der Waals surface area contributed by atoms with Gasteiger partial charge in [0.25, 0.3) is 0 Å². The summed E-state index contributed by atoms with van der Waals surface area (Å²) in [5, 5.41) is 2.93. The van der Waals surface area contributed by atoms with Gasteiger partial charge in [-0.2, -0.15) is 0 Å². The molecule has 1 saturated heterocycles. The number of halogens is 1. The van der Waals surface area contributed by atoms with Crippen molar-refractivity contribution >= 4 is 23.1 Å². The van der Waals surface area contributed by atoms with Crippen LogP contribution in [-0.2, 0) is 11.3 Å². The number of anilines is 1. The Morgan fingerprint density at radius 2 is 2.00 bits per heavy atom. The number of ether oxygens (including phenoxy) is 1. The van der Waals surface area contributed by atoms with Crippen LogP contribution in [0.2, 0.25) is 0 Å². The molecule has 1 atom stereocenters. The second-order valence-corrected chi connectivity index (χ2v) is 9.34. The molecule has 2 heterocycles. The van der Waals surface area contributed by atoms with Gasteiger partial charge in [-0.05, 0) is 69.9 Å². The number of imidazole rings is 1. The van der Waals surface area contributed by atoms with E-state index in [0.717, 1.165) is 48.4 Å². The zero-order chi connectivity index (χ0) is 22.7. The van der Waals surface area contributed by atoms with Crippen molar-refractivity contribution in [3.63, 3.8) is 0 Å². The Labute approximate surface area is 188 Å². The van der Waals surface area contributed by atoms with Crippen molar-refractivity contribution < 1.29 is 13.9 Å². The first kappa shape index (κ1) is 22.1. The van der Waals surface area contributed by atoms with Crippen LogP contribution >= 0.6 is 0 Å². The second kappa shape index (κ2) is 9.18. The standard InChI is InChI=1S/C25H31FN4O2/c1-25(2,3)32-24(31)27-16-20-11-6-7-14-29(20)23-28-21-12-4-5-13-22(21)30(23)17-18-9-8-10-19(26)15-18/h4-5,8-10,12-13,15,20H,6-7,11,14,16-17H2,1-3H3,(H,27,31)/t20-/m1/s1. The molecule has 1 fully saturated rings. The van der Waals surface area contributed by atoms with Crippen molar-refractivity contribution in [1.29, 1.82) is 0 Å². The molecule has 0 aliphatic carbocycles. The highest BCUT2D eigenvalue weighted by molar-refractivity contribution is 5.79. The average Bonchev–Trinajstić information content (AvgIpc) is 3.09. The second-order valence-electron chi connectivity index (χ2n) is 9.34. The number of alkyl carbamates (subject to hydrolysis) is 1. The Bertz CT molecular complexity index is 1090. The van der Waals surface area contributed by atoms with Gasteiger partial charge in [-0.3, -0.25) is 0 Å². The van der Waals surface area contributed by atoms with E-state index in [4.69, 9.17) is 9.72 Å². The maximum atomic E-state index is 13.8. The molecule has 2 aromatic carbocycles. The van der Waals surface area contributed by atoms with E-state index >= 15 is 0 Å². The van der Waals surface area contributed by atoms with Gasteiger partial charge in [-0.25, -0.2) is 14.2 Å². The first-order valence-electron chi connectivity index (χ1n) is 11.2. The SMILES string of the molecule is CC(C)(C)OC(=O)NC[C@H]1CCCCN1c1nc2ccccc2n1Cc1cccc(F)c1. The molecule has 32 heavy (non-hydrogen) atoms. The predicted molar refractivity (Wildman–Crippen MR) is 124 cm³/mol. The quantitative estimate of drug-likeness (QED) is 0.602. The molecular formula is C25H31FN4O2. The lowest BCUT2D eigenvalue weighted by molar-refractivity contribution is 0.0522. The molecule has 1 N–H and O–H groups in total. The van der Waals surface area contributed by atoms with Crippen LogP contribution < -0.4 is 10.2 Å². The molecular weight excluding hydrogens is 407 g/mol. The summed E-state index contributed by atoms with van der Waals surface area (Å²) >= 11 is 0. The largest absolute Gasteiger partial charge is 0.444 e. The number of carbonyl (C=O) groups is 1. The lowest BCUT2D eigenvalue weighted by Gasteiger charge is -2.37. The molecule has 3 aromatic rings. The molecule has 1 aromatic heterocycles. The summed E-state index contributed by atoms with van der Waals surface area (Å²) in [6, 6.07) is 14.8. The van der Waals surface area contributed by atoms with E-state index in [2.05, 4.69) is 14.8 Å². The average molecular weight is 439 g/mol. The topological polar surface area (TPSA) is 59.4 Å². The summed E-state index contributed by atoms with van der Waals surface area (Å²) < 4.78 is 21.4. The van der Waals surface area contributed by atoms with E-state index in [1.807, 2.05) is 51.1 Å². The van der Waals surface area contributed by atoms with Crippen molar-refractivity contribution in [1.82, 2.24) is 14.9 Å². The van der Waals surface area contributed by atoms with Crippen molar-refractivity contribution in [2.24, 2.45) is 0 Å². The van der Waals surface area contributed by atoms with Gasteiger partial charge in [0, 0.05) is 19.1 Å². The maximum absolute atomic E-state index is 13.8. The van der Waals surface area contributed by atoms with Crippen LogP contribution in [0.1, 0.15) is 45.6 Å². The molecule has 0 bridgehead atoms. The Hall–Kier alpha value is -3.09. The number of carbonyl (C=O) groups excluding carboxylic acids is 1. The normalized spacial score (nSPS) is 16.9. The number of nitrogens with one attached hydrogen (secondary N) is 1. The number of aromatic nitrogens is 2. The number of amides is 1. The van der Waals surface area contributed by atoms with Gasteiger partial charge < -0.3 is 19.5 Å². The van der Waals surface area contributed by atoms with Gasteiger partial charge >= 0.3 is 6.09 Å². The third-order valence-corrected chi connectivity index (χ3v) is 5.63. The van der Waals surface area contributed by atoms with Gasteiger partial charge in [0.2, 0.25) is 5.95 Å². The van der Waals surface area contributed by atoms with E-state index in [0.29, 0.717) is 13.1 Å². The summed E-state index contributed by atoms with van der Waals surface area (Å²) in [6.07, 6.45) is 2.71. The van der Waals surface area contributed by atoms with Crippen molar-refractivity contribution in [2.45, 2.75) is 58.2 Å². The number of benzene rings is 2. The van der Waals surface area contributed by atoms with Crippen molar-refractivity contribution in [2.75, 3.05) is 18.0 Å². The van der Waals surface area contributed by atoms with E-state index < -0.39 is 11.7 Å². The summed E-state index contributed by atoms with van der Waals surface area (Å²) in [7, 11) is 0. The molecule has 0 saturated carbocycles. The number of para-hydroxylation sites is 2. The maximum Gasteiger partial charge on any atom is 0.407 e. The number of piperidine rings is 1. The van der Waals surface area contributed by atoms with Crippen molar-refractivity contribution in [3.8, 4) is 0 Å². The van der Waals surface area contributed by atoms with Gasteiger partial charge in [0.15, 0.2) is 0 Å². The third-order valence-electron chi connectivity index (χ3n) is 5.63. The fraction of sp³-hybridized carbons (Fsp3) is 0.440. The van der Waals surface area contributed by atoms with E-state index in [9.17, 15) is 9.18 Å². The molecule has 1 amide bonds. The molecule has 0 spiro atoms. The monoisotopic (exact) mass is 438 g/mol. The molecule has 7 heteroatoms. The van der Waals surface area contributed by atoms with Gasteiger partial charge in [0.05, 0.1) is 17.6 Å². The van der Waals surface area contributed by atoms with E-state index in [1.54, 1.807) is 12.1 Å². The highest BCUT2D eigenvalue weighted by Crippen LogP contribution is 2.29. The Morgan fingerprint density at radius 1 is 1.19 bits per heavy atom. The lowest BCUT2D eigenvalue weighted by atomic mass is 10.0. The first-order chi connectivity index (χ1) is 15.3. The summed E-state index contributed by atoms with van der Waals surface area (Å²) in [5.41, 5.74) is 2.27. The number of rotatable bonds is 5. The molecule has 4 rings (SSSR count). The molecule has 0 unspecified atom stereocenters. The minimum atomic E-state index is -0.532. The van der Waals surface area contributed by atoms with E-state index in [1.165, 1.54) is 6.07 Å². The molecule has 1 aliphatic heterocycles. The third kappa shape index (κ3) is 5.21. The van der Waals surface area contributed by atoms with Gasteiger partial charge in [-0.1, -0.05) is 24.3 Å².